The van der Waals surface area contributed by atoms with Crippen molar-refractivity contribution in [1.82, 2.24) is 10.2 Å². The normalized spacial score (nSPS) is 24.6. The van der Waals surface area contributed by atoms with Crippen molar-refractivity contribution in [3.05, 3.63) is 0 Å². The van der Waals surface area contributed by atoms with Gasteiger partial charge >= 0.3 is 0 Å². The first-order chi connectivity index (χ1) is 10.2. The summed E-state index contributed by atoms with van der Waals surface area (Å²) in [5.74, 6) is 0.0138. The molecule has 1 atom stereocenters. The second-order valence-electron chi connectivity index (χ2n) is 6.16. The largest absolute Gasteiger partial charge is 0.385 e. The number of hydrogen-bond donors (Lipinski definition) is 1. The lowest BCUT2D eigenvalue weighted by molar-refractivity contribution is -0.141. The van der Waals surface area contributed by atoms with E-state index in [-0.39, 0.29) is 23.9 Å². The molecule has 5 nitrogen and oxygen atoms in total. The Bertz CT molecular complexity index is 351. The molecule has 1 aliphatic heterocycles. The highest BCUT2D eigenvalue weighted by Crippen LogP contribution is 2.26. The van der Waals surface area contributed by atoms with Crippen molar-refractivity contribution in [2.45, 2.75) is 69.9 Å². The zero-order valence-electron chi connectivity index (χ0n) is 13.1. The Hall–Kier alpha value is -0.940. The van der Waals surface area contributed by atoms with Crippen LogP contribution in [0.15, 0.2) is 0 Å². The van der Waals surface area contributed by atoms with Crippen LogP contribution in [0.3, 0.4) is 0 Å². The van der Waals surface area contributed by atoms with E-state index in [0.29, 0.717) is 6.42 Å². The van der Waals surface area contributed by atoms with Gasteiger partial charge in [-0.3, -0.25) is 14.5 Å². The molecular weight excluding hydrogens is 268 g/mol. The zero-order valence-corrected chi connectivity index (χ0v) is 13.1. The van der Waals surface area contributed by atoms with E-state index in [1.165, 1.54) is 12.8 Å². The van der Waals surface area contributed by atoms with Gasteiger partial charge in [-0.25, -0.2) is 0 Å². The van der Waals surface area contributed by atoms with Gasteiger partial charge < -0.3 is 10.1 Å². The molecule has 0 radical (unpaired) electrons. The van der Waals surface area contributed by atoms with E-state index in [2.05, 4.69) is 5.32 Å². The Morgan fingerprint density at radius 3 is 2.52 bits per heavy atom. The van der Waals surface area contributed by atoms with Crippen molar-refractivity contribution >= 4 is 11.8 Å². The first-order valence-corrected chi connectivity index (χ1v) is 8.32. The summed E-state index contributed by atoms with van der Waals surface area (Å²) in [7, 11) is 1.69. The van der Waals surface area contributed by atoms with E-state index in [9.17, 15) is 9.59 Å². The summed E-state index contributed by atoms with van der Waals surface area (Å²) in [6.45, 7) is 1.51. The molecule has 0 aromatic heterocycles. The minimum absolute atomic E-state index is 0.00126. The Morgan fingerprint density at radius 1 is 1.14 bits per heavy atom. The number of unbranched alkanes of at least 4 members (excludes halogenated alkanes) is 1. The molecule has 0 aromatic rings. The molecule has 1 saturated carbocycles. The molecule has 1 N–H and O–H groups in total. The maximum Gasteiger partial charge on any atom is 0.247 e. The van der Waals surface area contributed by atoms with Crippen molar-refractivity contribution < 1.29 is 14.3 Å². The number of likely N-dealkylation sites (tertiary alicyclic amines) is 1. The Labute approximate surface area is 127 Å². The number of carbonyl (C=O) groups is 2. The average molecular weight is 296 g/mol. The fourth-order valence-corrected chi connectivity index (χ4v) is 3.36. The molecule has 2 rings (SSSR count). The Kier molecular flexibility index (Phi) is 6.64. The molecule has 1 aliphatic carbocycles. The van der Waals surface area contributed by atoms with E-state index < -0.39 is 0 Å². The number of amides is 2. The fraction of sp³-hybridized carbons (Fsp3) is 0.875. The maximum absolute atomic E-state index is 12.5. The number of nitrogens with one attached hydrogen (secondary N) is 1. The minimum atomic E-state index is -0.303. The second kappa shape index (κ2) is 8.49. The number of methoxy groups -OCH3 is 1. The first-order valence-electron chi connectivity index (χ1n) is 8.32. The molecule has 2 amide bonds. The molecule has 21 heavy (non-hydrogen) atoms. The van der Waals surface area contributed by atoms with Crippen LogP contribution in [0.2, 0.25) is 0 Å². The first kappa shape index (κ1) is 16.4. The van der Waals surface area contributed by atoms with Crippen LogP contribution in [0.1, 0.15) is 57.8 Å². The lowest BCUT2D eigenvalue weighted by Crippen LogP contribution is -2.44. The van der Waals surface area contributed by atoms with Crippen molar-refractivity contribution in [2.75, 3.05) is 20.3 Å². The Balaban J connectivity index is 1.81. The van der Waals surface area contributed by atoms with E-state index >= 15 is 0 Å². The summed E-state index contributed by atoms with van der Waals surface area (Å²) < 4.78 is 5.00. The predicted molar refractivity (Wildman–Crippen MR) is 80.9 cm³/mol. The monoisotopic (exact) mass is 296 g/mol. The molecule has 120 valence electrons. The molecule has 0 spiro atoms. The van der Waals surface area contributed by atoms with Gasteiger partial charge in [-0.2, -0.15) is 0 Å². The highest BCUT2D eigenvalue weighted by Gasteiger charge is 2.41. The lowest BCUT2D eigenvalue weighted by atomic mass is 10.1. The van der Waals surface area contributed by atoms with E-state index in [4.69, 9.17) is 4.74 Å². The van der Waals surface area contributed by atoms with Crippen molar-refractivity contribution in [3.8, 4) is 0 Å². The summed E-state index contributed by atoms with van der Waals surface area (Å²) in [4.78, 5) is 26.2. The van der Waals surface area contributed by atoms with Crippen LogP contribution in [0.25, 0.3) is 0 Å². The third-order valence-corrected chi connectivity index (χ3v) is 4.54. The minimum Gasteiger partial charge on any atom is -0.385 e. The third kappa shape index (κ3) is 4.51. The number of hydrogen-bond acceptors (Lipinski definition) is 4. The summed E-state index contributed by atoms with van der Waals surface area (Å²) in [5, 5.41) is 3.24. The predicted octanol–water partition coefficient (Wildman–Crippen LogP) is 1.85. The average Bonchev–Trinajstić information content (AvgIpc) is 2.67. The highest BCUT2D eigenvalue weighted by atomic mass is 16.5. The quantitative estimate of drug-likeness (QED) is 0.442. The molecule has 0 aromatic carbocycles. The smallest absolute Gasteiger partial charge is 0.247 e. The zero-order chi connectivity index (χ0) is 15.1. The van der Waals surface area contributed by atoms with Gasteiger partial charge in [0.25, 0.3) is 0 Å². The van der Waals surface area contributed by atoms with E-state index in [0.717, 1.165) is 51.7 Å². The molecule has 1 heterocycles. The van der Waals surface area contributed by atoms with Gasteiger partial charge in [0.1, 0.15) is 0 Å². The van der Waals surface area contributed by atoms with Gasteiger partial charge in [-0.15, -0.1) is 0 Å². The summed E-state index contributed by atoms with van der Waals surface area (Å²) >= 11 is 0. The number of ether oxygens (including phenoxy) is 1. The standard InChI is InChI=1S/C16H28N2O3/c1-21-11-7-6-10-17-14-12-15(19)18(16(14)20)13-8-4-2-3-5-9-13/h13-14,17H,2-12H2,1H3. The molecule has 2 aliphatic rings. The van der Waals surface area contributed by atoms with Gasteiger partial charge in [0.2, 0.25) is 11.8 Å². The van der Waals surface area contributed by atoms with Gasteiger partial charge in [0.15, 0.2) is 0 Å². The van der Waals surface area contributed by atoms with Crippen molar-refractivity contribution in [1.29, 1.82) is 0 Å². The van der Waals surface area contributed by atoms with E-state index in [1.54, 1.807) is 12.0 Å². The molecular formula is C16H28N2O3. The van der Waals surface area contributed by atoms with Crippen LogP contribution in [0.5, 0.6) is 0 Å². The maximum atomic E-state index is 12.5. The van der Waals surface area contributed by atoms with E-state index in [1.807, 2.05) is 0 Å². The van der Waals surface area contributed by atoms with Crippen molar-refractivity contribution in [3.63, 3.8) is 0 Å². The summed E-state index contributed by atoms with van der Waals surface area (Å²) in [6.07, 6.45) is 8.98. The number of nitrogens with zero attached hydrogens (tertiary/aromatic N) is 1. The lowest BCUT2D eigenvalue weighted by Gasteiger charge is -2.25. The topological polar surface area (TPSA) is 58.6 Å². The highest BCUT2D eigenvalue weighted by molar-refractivity contribution is 6.05. The van der Waals surface area contributed by atoms with Gasteiger partial charge in [-0.05, 0) is 32.2 Å². The summed E-state index contributed by atoms with van der Waals surface area (Å²) in [5.41, 5.74) is 0. The second-order valence-corrected chi connectivity index (χ2v) is 6.16. The van der Waals surface area contributed by atoms with Crippen LogP contribution in [-0.2, 0) is 14.3 Å². The van der Waals surface area contributed by atoms with Gasteiger partial charge in [-0.1, -0.05) is 25.7 Å². The SMILES string of the molecule is COCCCCNC1CC(=O)N(C2CCCCCC2)C1=O. The summed E-state index contributed by atoms with van der Waals surface area (Å²) in [6, 6.07) is -0.156. The molecule has 2 fully saturated rings. The van der Waals surface area contributed by atoms with Crippen LogP contribution in [0, 0.1) is 0 Å². The fourth-order valence-electron chi connectivity index (χ4n) is 3.36. The number of imide groups is 1. The molecule has 0 bridgehead atoms. The van der Waals surface area contributed by atoms with Crippen LogP contribution >= 0.6 is 0 Å². The third-order valence-electron chi connectivity index (χ3n) is 4.54. The van der Waals surface area contributed by atoms with Gasteiger partial charge in [0, 0.05) is 19.8 Å². The van der Waals surface area contributed by atoms with Crippen molar-refractivity contribution in [2.24, 2.45) is 0 Å². The Morgan fingerprint density at radius 2 is 1.86 bits per heavy atom. The number of rotatable bonds is 7. The van der Waals surface area contributed by atoms with Crippen LogP contribution < -0.4 is 5.32 Å². The van der Waals surface area contributed by atoms with Crippen LogP contribution in [-0.4, -0.2) is 49.1 Å². The molecule has 5 heteroatoms. The molecule has 1 unspecified atom stereocenters. The molecule has 1 saturated heterocycles. The van der Waals surface area contributed by atoms with Crippen LogP contribution in [0.4, 0.5) is 0 Å². The number of carbonyl (C=O) groups excluding carboxylic acids is 2. The van der Waals surface area contributed by atoms with Gasteiger partial charge in [0.05, 0.1) is 12.5 Å².